The Morgan fingerprint density at radius 2 is 2.42 bits per heavy atom. The van der Waals surface area contributed by atoms with Crippen molar-refractivity contribution in [3.05, 3.63) is 23.5 Å². The predicted molar refractivity (Wildman–Crippen MR) is 46.0 cm³/mol. The zero-order valence-corrected chi connectivity index (χ0v) is 6.83. The molecule has 0 aromatic heterocycles. The third kappa shape index (κ3) is 1.33. The van der Waals surface area contributed by atoms with Gasteiger partial charge in [0.25, 0.3) is 0 Å². The van der Waals surface area contributed by atoms with Gasteiger partial charge in [0.15, 0.2) is 0 Å². The molecule has 0 aromatic rings. The summed E-state index contributed by atoms with van der Waals surface area (Å²) in [5.41, 5.74) is -0.0601. The molecule has 0 aromatic carbocycles. The van der Waals surface area contributed by atoms with Crippen LogP contribution in [0.5, 0.6) is 0 Å². The SMILES string of the molecule is C#CC1(C)C=CC(O)=C(C#N)C1. The molecule has 1 aliphatic carbocycles. The number of aliphatic hydroxyl groups is 1. The highest BCUT2D eigenvalue weighted by molar-refractivity contribution is 5.39. The first-order valence-corrected chi connectivity index (χ1v) is 3.60. The van der Waals surface area contributed by atoms with E-state index in [-0.39, 0.29) is 5.76 Å². The summed E-state index contributed by atoms with van der Waals surface area (Å²) in [6.07, 6.45) is 8.93. The highest BCUT2D eigenvalue weighted by Gasteiger charge is 2.24. The van der Waals surface area contributed by atoms with Gasteiger partial charge in [-0.3, -0.25) is 0 Å². The maximum absolute atomic E-state index is 9.20. The quantitative estimate of drug-likeness (QED) is 0.549. The molecule has 1 rings (SSSR count). The molecule has 1 unspecified atom stereocenters. The lowest BCUT2D eigenvalue weighted by molar-refractivity contribution is 0.408. The Hall–Kier alpha value is -1.67. The lowest BCUT2D eigenvalue weighted by Crippen LogP contribution is -2.15. The molecule has 0 amide bonds. The second kappa shape index (κ2) is 2.75. The molecular formula is C10H9NO. The topological polar surface area (TPSA) is 44.0 Å². The van der Waals surface area contributed by atoms with Crippen molar-refractivity contribution < 1.29 is 5.11 Å². The third-order valence-corrected chi connectivity index (χ3v) is 1.93. The molecule has 1 N–H and O–H groups in total. The summed E-state index contributed by atoms with van der Waals surface area (Å²) < 4.78 is 0. The second-order valence-corrected chi connectivity index (χ2v) is 3.05. The fraction of sp³-hybridized carbons (Fsp3) is 0.300. The van der Waals surface area contributed by atoms with Gasteiger partial charge in [-0.25, -0.2) is 0 Å². The molecule has 2 heteroatoms. The Bertz CT molecular complexity index is 338. The van der Waals surface area contributed by atoms with Gasteiger partial charge < -0.3 is 5.11 Å². The summed E-state index contributed by atoms with van der Waals surface area (Å²) >= 11 is 0. The minimum atomic E-state index is -0.419. The summed E-state index contributed by atoms with van der Waals surface area (Å²) in [5.74, 6) is 2.61. The number of rotatable bonds is 0. The van der Waals surface area contributed by atoms with E-state index in [4.69, 9.17) is 11.7 Å². The van der Waals surface area contributed by atoms with Crippen molar-refractivity contribution in [2.75, 3.05) is 0 Å². The van der Waals surface area contributed by atoms with Crippen LogP contribution in [0.2, 0.25) is 0 Å². The van der Waals surface area contributed by atoms with Gasteiger partial charge >= 0.3 is 0 Å². The fourth-order valence-corrected chi connectivity index (χ4v) is 1.08. The zero-order valence-electron chi connectivity index (χ0n) is 6.83. The summed E-state index contributed by atoms with van der Waals surface area (Å²) in [6.45, 7) is 1.85. The second-order valence-electron chi connectivity index (χ2n) is 3.05. The van der Waals surface area contributed by atoms with E-state index >= 15 is 0 Å². The summed E-state index contributed by atoms with van der Waals surface area (Å²) in [5, 5.41) is 17.8. The lowest BCUT2D eigenvalue weighted by Gasteiger charge is -2.21. The number of hydrogen-bond acceptors (Lipinski definition) is 2. The zero-order chi connectivity index (χ0) is 9.19. The standard InChI is InChI=1S/C10H9NO/c1-3-10(2)5-4-9(12)8(6-10)7-11/h1,4-5,12H,6H2,2H3. The molecule has 0 radical (unpaired) electrons. The van der Waals surface area contributed by atoms with Crippen molar-refractivity contribution in [3.63, 3.8) is 0 Å². The van der Waals surface area contributed by atoms with Gasteiger partial charge in [-0.15, -0.1) is 6.42 Å². The Balaban J connectivity index is 3.02. The summed E-state index contributed by atoms with van der Waals surface area (Å²) in [6, 6.07) is 1.93. The van der Waals surface area contributed by atoms with Crippen LogP contribution in [-0.4, -0.2) is 5.11 Å². The molecule has 1 atom stereocenters. The van der Waals surface area contributed by atoms with Crippen molar-refractivity contribution >= 4 is 0 Å². The molecule has 0 spiro atoms. The largest absolute Gasteiger partial charge is 0.507 e. The molecule has 0 heterocycles. The van der Waals surface area contributed by atoms with Crippen LogP contribution in [0.25, 0.3) is 0 Å². The molecule has 0 saturated heterocycles. The maximum Gasteiger partial charge on any atom is 0.129 e. The van der Waals surface area contributed by atoms with Gasteiger partial charge in [-0.05, 0) is 13.0 Å². The smallest absolute Gasteiger partial charge is 0.129 e. The molecular weight excluding hydrogens is 150 g/mol. The number of hydrogen-bond donors (Lipinski definition) is 1. The fourth-order valence-electron chi connectivity index (χ4n) is 1.08. The number of terminal acetylenes is 1. The molecule has 2 nitrogen and oxygen atoms in total. The van der Waals surface area contributed by atoms with E-state index in [0.29, 0.717) is 12.0 Å². The highest BCUT2D eigenvalue weighted by Crippen LogP contribution is 2.31. The monoisotopic (exact) mass is 159 g/mol. The maximum atomic E-state index is 9.20. The van der Waals surface area contributed by atoms with E-state index in [1.807, 2.05) is 13.0 Å². The van der Waals surface area contributed by atoms with Crippen molar-refractivity contribution in [2.45, 2.75) is 13.3 Å². The summed E-state index contributed by atoms with van der Waals surface area (Å²) in [7, 11) is 0. The number of nitrogens with zero attached hydrogens (tertiary/aromatic N) is 1. The Morgan fingerprint density at radius 3 is 2.92 bits per heavy atom. The van der Waals surface area contributed by atoms with Crippen LogP contribution < -0.4 is 0 Å². The van der Waals surface area contributed by atoms with E-state index in [1.165, 1.54) is 6.08 Å². The van der Waals surface area contributed by atoms with Crippen LogP contribution in [0.1, 0.15) is 13.3 Å². The Morgan fingerprint density at radius 1 is 1.75 bits per heavy atom. The van der Waals surface area contributed by atoms with E-state index in [0.717, 1.165) is 0 Å². The van der Waals surface area contributed by atoms with E-state index < -0.39 is 5.41 Å². The average molecular weight is 159 g/mol. The van der Waals surface area contributed by atoms with Gasteiger partial charge in [0.1, 0.15) is 5.76 Å². The van der Waals surface area contributed by atoms with Gasteiger partial charge in [-0.1, -0.05) is 12.0 Å². The first-order chi connectivity index (χ1) is 5.61. The van der Waals surface area contributed by atoms with Crippen LogP contribution in [0.3, 0.4) is 0 Å². The Labute approximate surface area is 71.8 Å². The van der Waals surface area contributed by atoms with Crippen molar-refractivity contribution in [2.24, 2.45) is 5.41 Å². The van der Waals surface area contributed by atoms with Crippen LogP contribution in [-0.2, 0) is 0 Å². The number of aliphatic hydroxyl groups excluding tert-OH is 1. The van der Waals surface area contributed by atoms with Gasteiger partial charge in [0.05, 0.1) is 17.1 Å². The Kier molecular flexibility index (Phi) is 1.93. The number of allylic oxidation sites excluding steroid dienone is 3. The minimum Gasteiger partial charge on any atom is -0.507 e. The molecule has 0 bridgehead atoms. The molecule has 60 valence electrons. The normalized spacial score (nSPS) is 27.9. The molecule has 1 aliphatic rings. The van der Waals surface area contributed by atoms with Crippen molar-refractivity contribution in [1.82, 2.24) is 0 Å². The van der Waals surface area contributed by atoms with Crippen molar-refractivity contribution in [1.29, 1.82) is 5.26 Å². The van der Waals surface area contributed by atoms with E-state index in [2.05, 4.69) is 5.92 Å². The molecule has 0 saturated carbocycles. The number of nitriles is 1. The van der Waals surface area contributed by atoms with Gasteiger partial charge in [0, 0.05) is 6.42 Å². The first-order valence-electron chi connectivity index (χ1n) is 3.60. The molecule has 12 heavy (non-hydrogen) atoms. The highest BCUT2D eigenvalue weighted by atomic mass is 16.3. The lowest BCUT2D eigenvalue weighted by atomic mass is 9.81. The minimum absolute atomic E-state index is 0.0326. The molecule has 0 fully saturated rings. The van der Waals surface area contributed by atoms with E-state index in [1.54, 1.807) is 6.08 Å². The third-order valence-electron chi connectivity index (χ3n) is 1.93. The van der Waals surface area contributed by atoms with Gasteiger partial charge in [-0.2, -0.15) is 5.26 Å². The average Bonchev–Trinajstić information content (AvgIpc) is 2.10. The molecule has 0 aliphatic heterocycles. The van der Waals surface area contributed by atoms with E-state index in [9.17, 15) is 5.11 Å². The predicted octanol–water partition coefficient (Wildman–Crippen LogP) is 1.92. The van der Waals surface area contributed by atoms with Gasteiger partial charge in [0.2, 0.25) is 0 Å². The summed E-state index contributed by atoms with van der Waals surface area (Å²) in [4.78, 5) is 0. The van der Waals surface area contributed by atoms with Crippen molar-refractivity contribution in [3.8, 4) is 18.4 Å². The van der Waals surface area contributed by atoms with Crippen LogP contribution >= 0.6 is 0 Å². The van der Waals surface area contributed by atoms with Crippen LogP contribution in [0.15, 0.2) is 23.5 Å². The van der Waals surface area contributed by atoms with Crippen LogP contribution in [0.4, 0.5) is 0 Å². The van der Waals surface area contributed by atoms with Crippen LogP contribution in [0, 0.1) is 29.1 Å². The first kappa shape index (κ1) is 8.43.